The van der Waals surface area contributed by atoms with E-state index in [0.29, 0.717) is 12.6 Å². The molecule has 1 fully saturated rings. The molecule has 0 amide bonds. The second-order valence-corrected chi connectivity index (χ2v) is 7.57. The molecule has 1 heterocycles. The van der Waals surface area contributed by atoms with Gasteiger partial charge >= 0.3 is 0 Å². The molecule has 0 bridgehead atoms. The van der Waals surface area contributed by atoms with Crippen molar-refractivity contribution >= 4 is 29.9 Å². The molecular weight excluding hydrogens is 479 g/mol. The van der Waals surface area contributed by atoms with Crippen LogP contribution in [0.1, 0.15) is 38.7 Å². The largest absolute Gasteiger partial charge is 0.489 e. The minimum Gasteiger partial charge on any atom is -0.489 e. The minimum absolute atomic E-state index is 0. The summed E-state index contributed by atoms with van der Waals surface area (Å²) in [7, 11) is 1.77. The maximum absolute atomic E-state index is 5.99. The Morgan fingerprint density at radius 3 is 2.72 bits per heavy atom. The highest BCUT2D eigenvalue weighted by molar-refractivity contribution is 14.0. The van der Waals surface area contributed by atoms with Crippen molar-refractivity contribution in [3.8, 4) is 5.75 Å². The number of hydrogen-bond donors (Lipinski definition) is 2. The number of aliphatic imine (C=N–C) groups is 1. The van der Waals surface area contributed by atoms with Gasteiger partial charge in [0.1, 0.15) is 11.9 Å². The quantitative estimate of drug-likeness (QED) is 0.215. The molecule has 1 aromatic rings. The fraction of sp³-hybridized carbons (Fsp3) is 0.682. The van der Waals surface area contributed by atoms with Crippen LogP contribution in [-0.4, -0.2) is 69.4 Å². The Labute approximate surface area is 193 Å². The van der Waals surface area contributed by atoms with E-state index in [1.165, 1.54) is 5.56 Å². The first kappa shape index (κ1) is 26.0. The number of guanidine groups is 1. The summed E-state index contributed by atoms with van der Waals surface area (Å²) in [6, 6.07) is 8.63. The molecule has 7 heteroatoms. The number of nitrogens with one attached hydrogen (secondary N) is 2. The summed E-state index contributed by atoms with van der Waals surface area (Å²) in [5.74, 6) is 1.79. The molecule has 1 saturated heterocycles. The van der Waals surface area contributed by atoms with E-state index in [0.717, 1.165) is 63.8 Å². The monoisotopic (exact) mass is 518 g/mol. The number of benzene rings is 1. The lowest BCUT2D eigenvalue weighted by Crippen LogP contribution is -2.49. The van der Waals surface area contributed by atoms with E-state index in [2.05, 4.69) is 48.4 Å². The molecule has 1 atom stereocenters. The highest BCUT2D eigenvalue weighted by Gasteiger charge is 2.19. The molecular formula is C22H39IN4O2. The van der Waals surface area contributed by atoms with Gasteiger partial charge in [0.15, 0.2) is 5.96 Å². The topological polar surface area (TPSA) is 58.1 Å². The molecule has 0 radical (unpaired) electrons. The number of ether oxygens (including phenoxy) is 2. The van der Waals surface area contributed by atoms with E-state index in [1.807, 2.05) is 12.1 Å². The van der Waals surface area contributed by atoms with E-state index in [1.54, 1.807) is 7.11 Å². The van der Waals surface area contributed by atoms with E-state index in [9.17, 15) is 0 Å². The van der Waals surface area contributed by atoms with Crippen LogP contribution in [0.25, 0.3) is 0 Å². The van der Waals surface area contributed by atoms with Gasteiger partial charge in [0.05, 0.1) is 6.54 Å². The lowest BCUT2D eigenvalue weighted by molar-refractivity contribution is 0.155. The first-order chi connectivity index (χ1) is 13.6. The van der Waals surface area contributed by atoms with E-state index in [-0.39, 0.29) is 30.1 Å². The maximum Gasteiger partial charge on any atom is 0.191 e. The number of rotatable bonds is 10. The summed E-state index contributed by atoms with van der Waals surface area (Å²) in [5, 5.41) is 6.97. The normalized spacial score (nSPS) is 16.8. The van der Waals surface area contributed by atoms with Gasteiger partial charge in [-0.3, -0.25) is 0 Å². The third-order valence-electron chi connectivity index (χ3n) is 4.93. The summed E-state index contributed by atoms with van der Waals surface area (Å²) in [5.41, 5.74) is 1.21. The van der Waals surface area contributed by atoms with Crippen molar-refractivity contribution in [1.29, 1.82) is 0 Å². The van der Waals surface area contributed by atoms with Gasteiger partial charge in [-0.1, -0.05) is 12.1 Å². The van der Waals surface area contributed by atoms with Gasteiger partial charge in [-0.15, -0.1) is 24.0 Å². The van der Waals surface area contributed by atoms with Crippen molar-refractivity contribution < 1.29 is 9.47 Å². The van der Waals surface area contributed by atoms with E-state index < -0.39 is 0 Å². The molecule has 6 nitrogen and oxygen atoms in total. The van der Waals surface area contributed by atoms with Gasteiger partial charge in [-0.2, -0.15) is 0 Å². The van der Waals surface area contributed by atoms with Gasteiger partial charge in [-0.25, -0.2) is 4.99 Å². The summed E-state index contributed by atoms with van der Waals surface area (Å²) in [6.07, 6.45) is 3.43. The second-order valence-electron chi connectivity index (χ2n) is 7.57. The van der Waals surface area contributed by atoms with Crippen LogP contribution < -0.4 is 15.4 Å². The molecule has 1 aliphatic heterocycles. The Kier molecular flexibility index (Phi) is 13.3. The lowest BCUT2D eigenvalue weighted by Gasteiger charge is -2.33. The Morgan fingerprint density at radius 1 is 1.31 bits per heavy atom. The molecule has 29 heavy (non-hydrogen) atoms. The van der Waals surface area contributed by atoms with Crippen LogP contribution in [0, 0.1) is 6.92 Å². The summed E-state index contributed by atoms with van der Waals surface area (Å²) in [6.45, 7) is 12.0. The number of likely N-dealkylation sites (tertiary alicyclic amines) is 1. The average molecular weight is 518 g/mol. The summed E-state index contributed by atoms with van der Waals surface area (Å²) < 4.78 is 11.1. The Bertz CT molecular complexity index is 592. The zero-order chi connectivity index (χ0) is 20.2. The van der Waals surface area contributed by atoms with Crippen LogP contribution in [0.4, 0.5) is 0 Å². The molecule has 2 N–H and O–H groups in total. The van der Waals surface area contributed by atoms with Crippen LogP contribution in [0.3, 0.4) is 0 Å². The standard InChI is InChI=1S/C22H38N4O2.HI/c1-5-23-22(24-17-19(3)28-21-9-6-8-18(2)16-21)25-20-10-13-26(14-11-20)12-7-15-27-4;/h6,8-9,16,19-20H,5,7,10-15,17H2,1-4H3,(H2,23,24,25);1H. The van der Waals surface area contributed by atoms with Crippen molar-refractivity contribution in [3.05, 3.63) is 29.8 Å². The predicted octanol–water partition coefficient (Wildman–Crippen LogP) is 3.44. The zero-order valence-corrected chi connectivity index (χ0v) is 20.8. The van der Waals surface area contributed by atoms with Crippen molar-refractivity contribution in [2.45, 2.75) is 52.2 Å². The van der Waals surface area contributed by atoms with Gasteiger partial charge in [0.2, 0.25) is 0 Å². The lowest BCUT2D eigenvalue weighted by atomic mass is 10.1. The van der Waals surface area contributed by atoms with Gasteiger partial charge < -0.3 is 25.0 Å². The molecule has 1 aromatic carbocycles. The van der Waals surface area contributed by atoms with Gasteiger partial charge in [-0.05, 0) is 57.7 Å². The maximum atomic E-state index is 5.99. The smallest absolute Gasteiger partial charge is 0.191 e. The third kappa shape index (κ3) is 10.5. The summed E-state index contributed by atoms with van der Waals surface area (Å²) in [4.78, 5) is 7.27. The molecule has 0 aromatic heterocycles. The third-order valence-corrected chi connectivity index (χ3v) is 4.93. The molecule has 1 unspecified atom stereocenters. The van der Waals surface area contributed by atoms with Crippen LogP contribution in [0.5, 0.6) is 5.75 Å². The van der Waals surface area contributed by atoms with Crippen molar-refractivity contribution in [2.24, 2.45) is 4.99 Å². The highest BCUT2D eigenvalue weighted by Crippen LogP contribution is 2.14. The first-order valence-corrected chi connectivity index (χ1v) is 10.6. The first-order valence-electron chi connectivity index (χ1n) is 10.6. The van der Waals surface area contributed by atoms with Crippen molar-refractivity contribution in [2.75, 3.05) is 46.4 Å². The average Bonchev–Trinajstić information content (AvgIpc) is 2.68. The number of methoxy groups -OCH3 is 1. The number of aryl methyl sites for hydroxylation is 1. The number of halogens is 1. The molecule has 2 rings (SSSR count). The number of nitrogens with zero attached hydrogens (tertiary/aromatic N) is 2. The zero-order valence-electron chi connectivity index (χ0n) is 18.4. The highest BCUT2D eigenvalue weighted by atomic mass is 127. The fourth-order valence-corrected chi connectivity index (χ4v) is 3.42. The SMILES string of the molecule is CCNC(=NCC(C)Oc1cccc(C)c1)NC1CCN(CCCOC)CC1.I. The molecule has 0 saturated carbocycles. The minimum atomic E-state index is 0. The summed E-state index contributed by atoms with van der Waals surface area (Å²) >= 11 is 0. The predicted molar refractivity (Wildman–Crippen MR) is 132 cm³/mol. The number of piperidine rings is 1. The van der Waals surface area contributed by atoms with Crippen LogP contribution in [0.2, 0.25) is 0 Å². The van der Waals surface area contributed by atoms with Crippen molar-refractivity contribution in [1.82, 2.24) is 15.5 Å². The molecule has 166 valence electrons. The van der Waals surface area contributed by atoms with E-state index >= 15 is 0 Å². The number of hydrogen-bond acceptors (Lipinski definition) is 4. The van der Waals surface area contributed by atoms with Crippen LogP contribution in [0.15, 0.2) is 29.3 Å². The Hall–Kier alpha value is -1.06. The Morgan fingerprint density at radius 2 is 2.07 bits per heavy atom. The fourth-order valence-electron chi connectivity index (χ4n) is 3.42. The van der Waals surface area contributed by atoms with Gasteiger partial charge in [0, 0.05) is 45.9 Å². The van der Waals surface area contributed by atoms with Crippen LogP contribution in [-0.2, 0) is 4.74 Å². The molecule has 1 aliphatic rings. The molecule has 0 spiro atoms. The van der Waals surface area contributed by atoms with Crippen LogP contribution >= 0.6 is 24.0 Å². The molecule has 0 aliphatic carbocycles. The van der Waals surface area contributed by atoms with Gasteiger partial charge in [0.25, 0.3) is 0 Å². The Balaban J connectivity index is 0.00000420. The van der Waals surface area contributed by atoms with Crippen molar-refractivity contribution in [3.63, 3.8) is 0 Å². The second kappa shape index (κ2) is 14.8. The van der Waals surface area contributed by atoms with E-state index in [4.69, 9.17) is 14.5 Å².